The fourth-order valence-corrected chi connectivity index (χ4v) is 2.99. The molecule has 2 amide bonds. The lowest BCUT2D eigenvalue weighted by Gasteiger charge is -2.35. The number of rotatable bonds is 4. The molecule has 27 heavy (non-hydrogen) atoms. The maximum absolute atomic E-state index is 12.4. The Kier molecular flexibility index (Phi) is 5.21. The van der Waals surface area contributed by atoms with Gasteiger partial charge in [-0.05, 0) is 30.3 Å². The van der Waals surface area contributed by atoms with Gasteiger partial charge >= 0.3 is 0 Å². The average molecular weight is 369 g/mol. The molecule has 0 unspecified atom stereocenters. The molecule has 2 aromatic carbocycles. The van der Waals surface area contributed by atoms with Crippen LogP contribution in [0.1, 0.15) is 16.8 Å². The van der Waals surface area contributed by atoms with Gasteiger partial charge in [0.15, 0.2) is 0 Å². The van der Waals surface area contributed by atoms with E-state index in [1.165, 1.54) is 11.0 Å². The van der Waals surface area contributed by atoms with Gasteiger partial charge in [0.05, 0.1) is 23.8 Å². The van der Waals surface area contributed by atoms with Crippen molar-refractivity contribution in [2.75, 3.05) is 38.0 Å². The van der Waals surface area contributed by atoms with Crippen molar-refractivity contribution in [3.05, 3.63) is 48.0 Å². The van der Waals surface area contributed by atoms with Gasteiger partial charge in [0.1, 0.15) is 18.1 Å². The number of hydrogen-bond donors (Lipinski definition) is 2. The number of para-hydroxylation sites is 2. The lowest BCUT2D eigenvalue weighted by atomic mass is 10.1. The lowest BCUT2D eigenvalue weighted by molar-refractivity contribution is -0.116. The molecule has 0 saturated carbocycles. The van der Waals surface area contributed by atoms with Gasteiger partial charge in [0, 0.05) is 26.7 Å². The second-order valence-electron chi connectivity index (χ2n) is 6.73. The molecular formula is C20H23N3O4. The molecule has 7 nitrogen and oxygen atoms in total. The molecule has 1 aliphatic rings. The van der Waals surface area contributed by atoms with Crippen LogP contribution in [0.2, 0.25) is 0 Å². The van der Waals surface area contributed by atoms with E-state index in [1.54, 1.807) is 50.5 Å². The van der Waals surface area contributed by atoms with Crippen molar-refractivity contribution in [2.24, 2.45) is 0 Å². The minimum atomic E-state index is -0.221. The number of likely N-dealkylation sites (N-methyl/N-ethyl adjacent to an activating group) is 1. The third-order valence-corrected chi connectivity index (χ3v) is 4.57. The molecule has 0 fully saturated rings. The second kappa shape index (κ2) is 7.57. The predicted octanol–water partition coefficient (Wildman–Crippen LogP) is 2.32. The highest BCUT2D eigenvalue weighted by atomic mass is 16.5. The van der Waals surface area contributed by atoms with Crippen molar-refractivity contribution < 1.29 is 19.4 Å². The zero-order chi connectivity index (χ0) is 19.6. The largest absolute Gasteiger partial charge is 0.506 e. The van der Waals surface area contributed by atoms with Gasteiger partial charge in [0.2, 0.25) is 5.91 Å². The molecule has 2 aromatic rings. The van der Waals surface area contributed by atoms with E-state index in [2.05, 4.69) is 5.32 Å². The normalized spacial score (nSPS) is 15.5. The van der Waals surface area contributed by atoms with E-state index in [1.807, 2.05) is 11.9 Å². The number of amides is 2. The van der Waals surface area contributed by atoms with Crippen LogP contribution < -0.4 is 15.0 Å². The Morgan fingerprint density at radius 2 is 2.00 bits per heavy atom. The number of fused-ring (bicyclic) bond motifs is 1. The molecular weight excluding hydrogens is 346 g/mol. The summed E-state index contributed by atoms with van der Waals surface area (Å²) in [6.45, 7) is 0.360. The Morgan fingerprint density at radius 1 is 1.26 bits per heavy atom. The first kappa shape index (κ1) is 18.6. The molecule has 0 aromatic heterocycles. The highest BCUT2D eigenvalue weighted by molar-refractivity contribution is 5.96. The van der Waals surface area contributed by atoms with Gasteiger partial charge in [-0.25, -0.2) is 0 Å². The first-order valence-electron chi connectivity index (χ1n) is 8.66. The summed E-state index contributed by atoms with van der Waals surface area (Å²) >= 11 is 0. The molecule has 7 heteroatoms. The van der Waals surface area contributed by atoms with Crippen LogP contribution in [0.5, 0.6) is 11.5 Å². The van der Waals surface area contributed by atoms with Crippen LogP contribution in [0.15, 0.2) is 42.5 Å². The number of nitrogens with zero attached hydrogens (tertiary/aromatic N) is 2. The van der Waals surface area contributed by atoms with E-state index in [4.69, 9.17) is 4.74 Å². The van der Waals surface area contributed by atoms with Gasteiger partial charge in [0.25, 0.3) is 5.91 Å². The third-order valence-electron chi connectivity index (χ3n) is 4.57. The van der Waals surface area contributed by atoms with Crippen molar-refractivity contribution >= 4 is 23.2 Å². The summed E-state index contributed by atoms with van der Waals surface area (Å²) in [5, 5.41) is 12.5. The maximum Gasteiger partial charge on any atom is 0.253 e. The molecule has 0 bridgehead atoms. The lowest BCUT2D eigenvalue weighted by Crippen LogP contribution is -2.42. The first-order valence-corrected chi connectivity index (χ1v) is 8.66. The van der Waals surface area contributed by atoms with Gasteiger partial charge in [-0.15, -0.1) is 0 Å². The molecule has 0 aliphatic carbocycles. The fraction of sp³-hybridized carbons (Fsp3) is 0.300. The minimum absolute atomic E-state index is 0.0243. The third kappa shape index (κ3) is 3.97. The van der Waals surface area contributed by atoms with Gasteiger partial charge in [-0.3, -0.25) is 9.59 Å². The SMILES string of the molecule is CN(C)C(=O)c1ccc2c(c1)N(C)[C@@H](CC(=O)Nc1ccccc1O)CO2. The van der Waals surface area contributed by atoms with Crippen LogP contribution in [-0.2, 0) is 4.79 Å². The van der Waals surface area contributed by atoms with E-state index in [0.29, 0.717) is 23.6 Å². The van der Waals surface area contributed by atoms with Gasteiger partial charge in [-0.2, -0.15) is 0 Å². The molecule has 0 radical (unpaired) electrons. The molecule has 0 saturated heterocycles. The van der Waals surface area contributed by atoms with Crippen LogP contribution in [0.3, 0.4) is 0 Å². The van der Waals surface area contributed by atoms with Crippen LogP contribution in [0.4, 0.5) is 11.4 Å². The number of anilines is 2. The second-order valence-corrected chi connectivity index (χ2v) is 6.73. The van der Waals surface area contributed by atoms with Crippen LogP contribution in [0.25, 0.3) is 0 Å². The van der Waals surface area contributed by atoms with Crippen LogP contribution in [0, 0.1) is 0 Å². The van der Waals surface area contributed by atoms with E-state index >= 15 is 0 Å². The highest BCUT2D eigenvalue weighted by Crippen LogP contribution is 2.35. The summed E-state index contributed by atoms with van der Waals surface area (Å²) in [7, 11) is 5.28. The van der Waals surface area contributed by atoms with E-state index in [9.17, 15) is 14.7 Å². The number of aromatic hydroxyl groups is 1. The number of phenolic OH excluding ortho intramolecular Hbond substituents is 1. The van der Waals surface area contributed by atoms with Crippen molar-refractivity contribution in [1.82, 2.24) is 4.90 Å². The Labute approximate surface area is 158 Å². The summed E-state index contributed by atoms with van der Waals surface area (Å²) in [5.74, 6) is 0.396. The maximum atomic E-state index is 12.4. The number of ether oxygens (including phenoxy) is 1. The van der Waals surface area contributed by atoms with Crippen molar-refractivity contribution in [3.63, 3.8) is 0 Å². The topological polar surface area (TPSA) is 82.1 Å². The van der Waals surface area contributed by atoms with E-state index < -0.39 is 0 Å². The zero-order valence-corrected chi connectivity index (χ0v) is 15.6. The summed E-state index contributed by atoms with van der Waals surface area (Å²) < 4.78 is 5.78. The Balaban J connectivity index is 1.73. The standard InChI is InChI=1S/C20H23N3O4/c1-22(2)20(26)13-8-9-18-16(10-13)23(3)14(12-27-18)11-19(25)21-15-6-4-5-7-17(15)24/h4-10,14,24H,11-12H2,1-3H3,(H,21,25)/t14-/m0/s1. The summed E-state index contributed by atoms with van der Waals surface area (Å²) in [6, 6.07) is 11.7. The summed E-state index contributed by atoms with van der Waals surface area (Å²) in [4.78, 5) is 28.1. The smallest absolute Gasteiger partial charge is 0.253 e. The van der Waals surface area contributed by atoms with Crippen molar-refractivity contribution in [1.29, 1.82) is 0 Å². The number of carbonyl (C=O) groups is 2. The molecule has 1 aliphatic heterocycles. The Hall–Kier alpha value is -3.22. The number of benzene rings is 2. The highest BCUT2D eigenvalue weighted by Gasteiger charge is 2.28. The first-order chi connectivity index (χ1) is 12.9. The fourth-order valence-electron chi connectivity index (χ4n) is 2.99. The molecule has 0 spiro atoms. The van der Waals surface area contributed by atoms with Crippen LogP contribution in [-0.4, -0.2) is 55.6 Å². The van der Waals surface area contributed by atoms with Crippen molar-refractivity contribution in [2.45, 2.75) is 12.5 Å². The number of nitrogens with one attached hydrogen (secondary N) is 1. The quantitative estimate of drug-likeness (QED) is 0.809. The number of phenols is 1. The predicted molar refractivity (Wildman–Crippen MR) is 103 cm³/mol. The monoisotopic (exact) mass is 369 g/mol. The number of hydrogen-bond acceptors (Lipinski definition) is 5. The minimum Gasteiger partial charge on any atom is -0.506 e. The summed E-state index contributed by atoms with van der Waals surface area (Å²) in [5.41, 5.74) is 1.71. The molecule has 142 valence electrons. The average Bonchev–Trinajstić information content (AvgIpc) is 2.65. The molecule has 1 atom stereocenters. The number of carbonyl (C=O) groups excluding carboxylic acids is 2. The van der Waals surface area contributed by atoms with Crippen LogP contribution >= 0.6 is 0 Å². The Bertz CT molecular complexity index is 866. The zero-order valence-electron chi connectivity index (χ0n) is 15.6. The molecule has 1 heterocycles. The Morgan fingerprint density at radius 3 is 2.70 bits per heavy atom. The van der Waals surface area contributed by atoms with E-state index in [0.717, 1.165) is 5.69 Å². The summed E-state index contributed by atoms with van der Waals surface area (Å²) in [6.07, 6.45) is 0.191. The molecule has 3 rings (SSSR count). The van der Waals surface area contributed by atoms with E-state index in [-0.39, 0.29) is 30.0 Å². The van der Waals surface area contributed by atoms with Crippen molar-refractivity contribution in [3.8, 4) is 11.5 Å². The molecule has 2 N–H and O–H groups in total. The van der Waals surface area contributed by atoms with Gasteiger partial charge in [-0.1, -0.05) is 12.1 Å². The van der Waals surface area contributed by atoms with Gasteiger partial charge < -0.3 is 25.0 Å².